The Labute approximate surface area is 181 Å². The van der Waals surface area contributed by atoms with Crippen LogP contribution >= 0.6 is 23.4 Å². The lowest BCUT2D eigenvalue weighted by atomic mass is 10.1. The van der Waals surface area contributed by atoms with E-state index in [4.69, 9.17) is 11.6 Å². The van der Waals surface area contributed by atoms with Gasteiger partial charge in [0.2, 0.25) is 10.9 Å². The van der Waals surface area contributed by atoms with Gasteiger partial charge in [0, 0.05) is 22.2 Å². The number of carboxylic acids is 1. The molecule has 31 heavy (non-hydrogen) atoms. The number of rotatable bonds is 7. The summed E-state index contributed by atoms with van der Waals surface area (Å²) in [5.74, 6) is -2.04. The van der Waals surface area contributed by atoms with Crippen LogP contribution in [0.1, 0.15) is 5.56 Å². The average Bonchev–Trinajstić information content (AvgIpc) is 3.17. The van der Waals surface area contributed by atoms with Crippen molar-refractivity contribution >= 4 is 46.8 Å². The molecule has 3 N–H and O–H groups in total. The predicted molar refractivity (Wildman–Crippen MR) is 110 cm³/mol. The minimum atomic E-state index is -1.46. The van der Waals surface area contributed by atoms with Crippen LogP contribution in [0.15, 0.2) is 46.5 Å². The van der Waals surface area contributed by atoms with Crippen LogP contribution in [0.2, 0.25) is 5.02 Å². The van der Waals surface area contributed by atoms with E-state index in [0.29, 0.717) is 34.2 Å². The number of carboxylic acid groups (broad SMARTS) is 1. The smallest absolute Gasteiger partial charge is 0.342 e. The standard InChI is InChI=1S/C17H10ClN5O7S/c18-10-3-1-8(2-4-10)15-19-17(21-20-15)31-13(16(25)26)6-9-5-11(22(27)28)7-12(14(9)24)23(29)30/h1-7,24H,(H,25,26)(H,19,20,21)/b13-6-. The molecule has 0 amide bonds. The summed E-state index contributed by atoms with van der Waals surface area (Å²) in [4.78, 5) is 35.6. The van der Waals surface area contributed by atoms with Crippen molar-refractivity contribution in [3.05, 3.63) is 72.1 Å². The Balaban J connectivity index is 1.98. The van der Waals surface area contributed by atoms with Gasteiger partial charge in [-0.15, -0.1) is 5.10 Å². The first-order valence-electron chi connectivity index (χ1n) is 8.12. The number of carbonyl (C=O) groups is 1. The van der Waals surface area contributed by atoms with Gasteiger partial charge >= 0.3 is 11.7 Å². The molecule has 0 saturated carbocycles. The molecule has 0 aliphatic heterocycles. The lowest BCUT2D eigenvalue weighted by Gasteiger charge is -2.03. The summed E-state index contributed by atoms with van der Waals surface area (Å²) in [6.07, 6.45) is 0.862. The van der Waals surface area contributed by atoms with Crippen molar-refractivity contribution in [2.24, 2.45) is 0 Å². The number of non-ortho nitro benzene ring substituents is 1. The van der Waals surface area contributed by atoms with E-state index in [1.165, 1.54) is 0 Å². The van der Waals surface area contributed by atoms with Gasteiger partial charge in [0.15, 0.2) is 5.82 Å². The fraction of sp³-hybridized carbons (Fsp3) is 0. The first-order chi connectivity index (χ1) is 14.7. The van der Waals surface area contributed by atoms with E-state index in [1.807, 2.05) is 0 Å². The number of nitrogens with zero attached hydrogens (tertiary/aromatic N) is 4. The highest BCUT2D eigenvalue weighted by Crippen LogP contribution is 2.37. The van der Waals surface area contributed by atoms with Crippen molar-refractivity contribution in [3.8, 4) is 17.1 Å². The molecule has 3 rings (SSSR count). The van der Waals surface area contributed by atoms with Gasteiger partial charge in [-0.3, -0.25) is 25.3 Å². The highest BCUT2D eigenvalue weighted by Gasteiger charge is 2.24. The van der Waals surface area contributed by atoms with Gasteiger partial charge in [-0.2, -0.15) is 0 Å². The first kappa shape index (κ1) is 21.7. The van der Waals surface area contributed by atoms with Gasteiger partial charge in [0.1, 0.15) is 4.91 Å². The van der Waals surface area contributed by atoms with E-state index in [2.05, 4.69) is 15.2 Å². The maximum absolute atomic E-state index is 11.7. The molecule has 0 saturated heterocycles. The number of aliphatic carboxylic acids is 1. The molecular weight excluding hydrogens is 454 g/mol. The summed E-state index contributed by atoms with van der Waals surface area (Å²) in [5.41, 5.74) is -1.40. The summed E-state index contributed by atoms with van der Waals surface area (Å²) >= 11 is 6.41. The highest BCUT2D eigenvalue weighted by atomic mass is 35.5. The molecule has 0 fully saturated rings. The molecule has 14 heteroatoms. The number of phenolic OH excluding ortho intramolecular Hbond substituents is 1. The largest absolute Gasteiger partial charge is 0.502 e. The van der Waals surface area contributed by atoms with Gasteiger partial charge in [-0.05, 0) is 42.1 Å². The molecule has 0 spiro atoms. The topological polar surface area (TPSA) is 185 Å². The highest BCUT2D eigenvalue weighted by molar-refractivity contribution is 8.04. The Morgan fingerprint density at radius 2 is 1.84 bits per heavy atom. The Morgan fingerprint density at radius 3 is 2.42 bits per heavy atom. The Hall–Kier alpha value is -3.97. The zero-order chi connectivity index (χ0) is 22.7. The molecule has 0 atom stereocenters. The molecule has 0 radical (unpaired) electrons. The number of aromatic amines is 1. The number of aromatic nitrogens is 3. The molecule has 1 aromatic heterocycles. The zero-order valence-electron chi connectivity index (χ0n) is 15.1. The van der Waals surface area contributed by atoms with Gasteiger partial charge < -0.3 is 10.2 Å². The Morgan fingerprint density at radius 1 is 1.16 bits per heavy atom. The fourth-order valence-corrected chi connectivity index (χ4v) is 3.21. The first-order valence-corrected chi connectivity index (χ1v) is 9.32. The van der Waals surface area contributed by atoms with Crippen molar-refractivity contribution in [1.29, 1.82) is 0 Å². The van der Waals surface area contributed by atoms with Crippen molar-refractivity contribution in [2.75, 3.05) is 0 Å². The number of H-pyrrole nitrogens is 1. The second-order valence-electron chi connectivity index (χ2n) is 5.81. The number of phenols is 1. The van der Waals surface area contributed by atoms with E-state index in [9.17, 15) is 35.2 Å². The van der Waals surface area contributed by atoms with E-state index in [-0.39, 0.29) is 5.16 Å². The quantitative estimate of drug-likeness (QED) is 0.201. The molecule has 3 aromatic rings. The summed E-state index contributed by atoms with van der Waals surface area (Å²) in [7, 11) is 0. The van der Waals surface area contributed by atoms with Crippen LogP contribution in [0.3, 0.4) is 0 Å². The third-order valence-electron chi connectivity index (χ3n) is 3.79. The minimum Gasteiger partial charge on any atom is -0.502 e. The number of nitro groups is 2. The maximum atomic E-state index is 11.7. The number of thioether (sulfide) groups is 1. The second-order valence-corrected chi connectivity index (χ2v) is 7.25. The molecule has 0 bridgehead atoms. The summed E-state index contributed by atoms with van der Waals surface area (Å²) in [5, 5.41) is 48.7. The summed E-state index contributed by atoms with van der Waals surface area (Å²) in [6.45, 7) is 0. The van der Waals surface area contributed by atoms with E-state index < -0.39 is 43.4 Å². The molecule has 0 unspecified atom stereocenters. The van der Waals surface area contributed by atoms with Crippen LogP contribution in [-0.2, 0) is 4.79 Å². The fourth-order valence-electron chi connectivity index (χ4n) is 2.38. The predicted octanol–water partition coefficient (Wildman–Crippen LogP) is 3.86. The molecule has 2 aromatic carbocycles. The normalized spacial score (nSPS) is 11.3. The number of nitro benzene ring substituents is 2. The van der Waals surface area contributed by atoms with Crippen LogP contribution in [0.4, 0.5) is 11.4 Å². The average molecular weight is 464 g/mol. The Kier molecular flexibility index (Phi) is 6.17. The SMILES string of the molecule is O=C(O)/C(=C/c1cc([N+](=O)[O-])cc([N+](=O)[O-])c1O)Sc1n[nH]c(-c2ccc(Cl)cc2)n1. The van der Waals surface area contributed by atoms with Gasteiger partial charge in [0.05, 0.1) is 15.9 Å². The number of benzene rings is 2. The molecule has 0 aliphatic rings. The third-order valence-corrected chi connectivity index (χ3v) is 4.92. The monoisotopic (exact) mass is 463 g/mol. The number of halogens is 1. The molecule has 0 aliphatic carbocycles. The molecule has 1 heterocycles. The van der Waals surface area contributed by atoms with Gasteiger partial charge in [0.25, 0.3) is 5.69 Å². The van der Waals surface area contributed by atoms with E-state index in [1.54, 1.807) is 24.3 Å². The van der Waals surface area contributed by atoms with Crippen molar-refractivity contribution in [3.63, 3.8) is 0 Å². The number of hydrogen-bond donors (Lipinski definition) is 3. The Bertz CT molecular complexity index is 1230. The minimum absolute atomic E-state index is 0.00183. The van der Waals surface area contributed by atoms with Crippen LogP contribution in [0.25, 0.3) is 17.5 Å². The van der Waals surface area contributed by atoms with Crippen LogP contribution in [0, 0.1) is 20.2 Å². The molecular formula is C17H10ClN5O7S. The number of aromatic hydroxyl groups is 1. The van der Waals surface area contributed by atoms with Crippen LogP contribution in [-0.4, -0.2) is 41.2 Å². The van der Waals surface area contributed by atoms with Gasteiger partial charge in [-0.25, -0.2) is 9.78 Å². The third kappa shape index (κ3) is 4.96. The van der Waals surface area contributed by atoms with Crippen molar-refractivity contribution in [1.82, 2.24) is 15.2 Å². The molecule has 158 valence electrons. The van der Waals surface area contributed by atoms with E-state index in [0.717, 1.165) is 12.1 Å². The van der Waals surface area contributed by atoms with Crippen LogP contribution in [0.5, 0.6) is 5.75 Å². The summed E-state index contributed by atoms with van der Waals surface area (Å²) in [6, 6.07) is 8.01. The second kappa shape index (κ2) is 8.81. The lowest BCUT2D eigenvalue weighted by Crippen LogP contribution is -1.99. The van der Waals surface area contributed by atoms with Gasteiger partial charge in [-0.1, -0.05) is 11.6 Å². The maximum Gasteiger partial charge on any atom is 0.342 e. The lowest BCUT2D eigenvalue weighted by molar-refractivity contribution is -0.394. The number of nitrogens with one attached hydrogen (secondary N) is 1. The van der Waals surface area contributed by atoms with E-state index >= 15 is 0 Å². The van der Waals surface area contributed by atoms with Crippen molar-refractivity contribution < 1.29 is 24.9 Å². The number of hydrogen-bond acceptors (Lipinski definition) is 9. The molecule has 12 nitrogen and oxygen atoms in total. The zero-order valence-corrected chi connectivity index (χ0v) is 16.6. The summed E-state index contributed by atoms with van der Waals surface area (Å²) < 4.78 is 0. The van der Waals surface area contributed by atoms with Crippen molar-refractivity contribution in [2.45, 2.75) is 5.16 Å². The van der Waals surface area contributed by atoms with Crippen LogP contribution < -0.4 is 0 Å².